The average Bonchev–Trinajstić information content (AvgIpc) is 3.06. The third-order valence-electron chi connectivity index (χ3n) is 5.25. The summed E-state index contributed by atoms with van der Waals surface area (Å²) < 4.78 is 19.6. The number of rotatable bonds is 4. The topological polar surface area (TPSA) is 74.8 Å². The molecule has 0 radical (unpaired) electrons. The predicted octanol–water partition coefficient (Wildman–Crippen LogP) is 2.61. The lowest BCUT2D eigenvalue weighted by molar-refractivity contribution is -0.126. The fraction of sp³-hybridized carbons (Fsp3) is 0.526. The minimum absolute atomic E-state index is 0.0399. The lowest BCUT2D eigenvalue weighted by Gasteiger charge is -2.39. The van der Waals surface area contributed by atoms with Crippen LogP contribution in [0, 0.1) is 11.7 Å². The molecule has 2 saturated heterocycles. The molecule has 1 N–H and O–H groups in total. The molecule has 2 fully saturated rings. The summed E-state index contributed by atoms with van der Waals surface area (Å²) in [7, 11) is 0. The number of hydrogen-bond acceptors (Lipinski definition) is 6. The van der Waals surface area contributed by atoms with Gasteiger partial charge in [-0.3, -0.25) is 4.79 Å². The second-order valence-electron chi connectivity index (χ2n) is 7.15. The number of ether oxygens (including phenoxy) is 1. The SMILES string of the molecule is CCOC(=O)N1CCC(NC(=O)C2CN(c3nc4c(F)cccc4s3)C2)CC1. The van der Waals surface area contributed by atoms with Gasteiger partial charge in [-0.2, -0.15) is 0 Å². The number of amides is 2. The molecule has 150 valence electrons. The number of aromatic nitrogens is 1. The number of anilines is 1. The summed E-state index contributed by atoms with van der Waals surface area (Å²) in [6.07, 6.45) is 1.19. The highest BCUT2D eigenvalue weighted by Gasteiger charge is 2.36. The molecular formula is C19H23FN4O3S. The third-order valence-corrected chi connectivity index (χ3v) is 6.33. The van der Waals surface area contributed by atoms with Crippen LogP contribution >= 0.6 is 11.3 Å². The van der Waals surface area contributed by atoms with Gasteiger partial charge in [-0.1, -0.05) is 17.4 Å². The van der Waals surface area contributed by atoms with Crippen LogP contribution in [0.4, 0.5) is 14.3 Å². The first-order valence-corrected chi connectivity index (χ1v) is 10.4. The number of piperidine rings is 1. The summed E-state index contributed by atoms with van der Waals surface area (Å²) >= 11 is 1.45. The molecule has 0 atom stereocenters. The largest absolute Gasteiger partial charge is 0.450 e. The first-order valence-electron chi connectivity index (χ1n) is 9.57. The number of fused-ring (bicyclic) bond motifs is 1. The van der Waals surface area contributed by atoms with Crippen molar-refractivity contribution >= 4 is 38.7 Å². The Balaban J connectivity index is 1.25. The van der Waals surface area contributed by atoms with Gasteiger partial charge in [0.2, 0.25) is 5.91 Å². The van der Waals surface area contributed by atoms with E-state index in [-0.39, 0.29) is 29.8 Å². The van der Waals surface area contributed by atoms with Crippen molar-refractivity contribution in [3.63, 3.8) is 0 Å². The van der Waals surface area contributed by atoms with Gasteiger partial charge in [0.15, 0.2) is 5.13 Å². The van der Waals surface area contributed by atoms with Crippen LogP contribution in [-0.4, -0.2) is 60.7 Å². The van der Waals surface area contributed by atoms with Gasteiger partial charge in [0, 0.05) is 32.2 Å². The van der Waals surface area contributed by atoms with E-state index in [4.69, 9.17) is 4.74 Å². The Labute approximate surface area is 166 Å². The second kappa shape index (κ2) is 7.90. The zero-order valence-electron chi connectivity index (χ0n) is 15.7. The molecule has 1 aromatic carbocycles. The van der Waals surface area contributed by atoms with Crippen LogP contribution in [0.5, 0.6) is 0 Å². The van der Waals surface area contributed by atoms with Gasteiger partial charge >= 0.3 is 6.09 Å². The first-order chi connectivity index (χ1) is 13.5. The number of nitrogens with one attached hydrogen (secondary N) is 1. The van der Waals surface area contributed by atoms with Crippen molar-refractivity contribution in [3.8, 4) is 0 Å². The van der Waals surface area contributed by atoms with Crippen LogP contribution in [0.15, 0.2) is 18.2 Å². The molecular weight excluding hydrogens is 383 g/mol. The number of nitrogens with zero attached hydrogens (tertiary/aromatic N) is 3. The molecule has 28 heavy (non-hydrogen) atoms. The van der Waals surface area contributed by atoms with Crippen molar-refractivity contribution in [2.45, 2.75) is 25.8 Å². The van der Waals surface area contributed by atoms with E-state index in [0.717, 1.165) is 22.7 Å². The number of hydrogen-bond donors (Lipinski definition) is 1. The maximum atomic E-state index is 13.8. The molecule has 2 aliphatic heterocycles. The molecule has 0 unspecified atom stereocenters. The number of benzene rings is 1. The quantitative estimate of drug-likeness (QED) is 0.845. The molecule has 1 aromatic heterocycles. The Hall–Kier alpha value is -2.42. The summed E-state index contributed by atoms with van der Waals surface area (Å²) in [4.78, 5) is 32.3. The number of para-hydroxylation sites is 1. The fourth-order valence-electron chi connectivity index (χ4n) is 3.58. The van der Waals surface area contributed by atoms with E-state index >= 15 is 0 Å². The zero-order chi connectivity index (χ0) is 19.7. The molecule has 0 bridgehead atoms. The summed E-state index contributed by atoms with van der Waals surface area (Å²) in [5.41, 5.74) is 0.392. The smallest absolute Gasteiger partial charge is 0.409 e. The summed E-state index contributed by atoms with van der Waals surface area (Å²) in [5, 5.41) is 3.85. The van der Waals surface area contributed by atoms with Gasteiger partial charge in [0.05, 0.1) is 17.2 Å². The van der Waals surface area contributed by atoms with Gasteiger partial charge in [-0.25, -0.2) is 14.2 Å². The van der Waals surface area contributed by atoms with Crippen molar-refractivity contribution in [2.24, 2.45) is 5.92 Å². The van der Waals surface area contributed by atoms with Crippen LogP contribution in [0.3, 0.4) is 0 Å². The fourth-order valence-corrected chi connectivity index (χ4v) is 4.58. The maximum absolute atomic E-state index is 13.8. The Morgan fingerprint density at radius 1 is 1.32 bits per heavy atom. The van der Waals surface area contributed by atoms with Crippen molar-refractivity contribution in [3.05, 3.63) is 24.0 Å². The van der Waals surface area contributed by atoms with Crippen LogP contribution in [-0.2, 0) is 9.53 Å². The van der Waals surface area contributed by atoms with E-state index in [1.54, 1.807) is 17.9 Å². The zero-order valence-corrected chi connectivity index (χ0v) is 16.5. The summed E-state index contributed by atoms with van der Waals surface area (Å²) in [5.74, 6) is -0.359. The van der Waals surface area contributed by atoms with E-state index < -0.39 is 0 Å². The molecule has 3 heterocycles. The van der Waals surface area contributed by atoms with Gasteiger partial charge in [-0.15, -0.1) is 0 Å². The van der Waals surface area contributed by atoms with E-state index in [2.05, 4.69) is 10.3 Å². The Bertz CT molecular complexity index is 875. The monoisotopic (exact) mass is 406 g/mol. The van der Waals surface area contributed by atoms with Crippen LogP contribution in [0.2, 0.25) is 0 Å². The van der Waals surface area contributed by atoms with E-state index in [1.165, 1.54) is 17.4 Å². The third kappa shape index (κ3) is 3.76. The summed E-state index contributed by atoms with van der Waals surface area (Å²) in [6.45, 7) is 4.53. The van der Waals surface area contributed by atoms with Crippen LogP contribution < -0.4 is 10.2 Å². The molecule has 0 saturated carbocycles. The van der Waals surface area contributed by atoms with Gasteiger partial charge in [-0.05, 0) is 31.9 Å². The second-order valence-corrected chi connectivity index (χ2v) is 8.16. The van der Waals surface area contributed by atoms with Crippen molar-refractivity contribution in [2.75, 3.05) is 37.7 Å². The first kappa shape index (κ1) is 18.9. The van der Waals surface area contributed by atoms with Crippen molar-refractivity contribution < 1.29 is 18.7 Å². The number of halogens is 1. The van der Waals surface area contributed by atoms with E-state index in [1.807, 2.05) is 11.0 Å². The molecule has 2 amide bonds. The lowest BCUT2D eigenvalue weighted by atomic mass is 9.98. The minimum atomic E-state index is -0.316. The van der Waals surface area contributed by atoms with E-state index in [0.29, 0.717) is 38.3 Å². The van der Waals surface area contributed by atoms with Crippen molar-refractivity contribution in [1.29, 1.82) is 0 Å². The lowest BCUT2D eigenvalue weighted by Crippen LogP contribution is -2.56. The standard InChI is InChI=1S/C19H23FN4O3S/c1-2-27-19(26)23-8-6-13(7-9-23)21-17(25)12-10-24(11-12)18-22-16-14(20)4-3-5-15(16)28-18/h3-5,12-13H,2,6-11H2,1H3,(H,21,25). The number of carbonyl (C=O) groups excluding carboxylic acids is 2. The molecule has 4 rings (SSSR count). The highest BCUT2D eigenvalue weighted by Crippen LogP contribution is 2.34. The molecule has 0 aliphatic carbocycles. The van der Waals surface area contributed by atoms with Gasteiger partial charge < -0.3 is 19.9 Å². The molecule has 2 aromatic rings. The predicted molar refractivity (Wildman–Crippen MR) is 105 cm³/mol. The Morgan fingerprint density at radius 3 is 2.75 bits per heavy atom. The molecule has 7 nitrogen and oxygen atoms in total. The van der Waals surface area contributed by atoms with Crippen LogP contribution in [0.1, 0.15) is 19.8 Å². The summed E-state index contributed by atoms with van der Waals surface area (Å²) in [6, 6.07) is 5.03. The average molecular weight is 406 g/mol. The number of likely N-dealkylation sites (tertiary alicyclic amines) is 1. The minimum Gasteiger partial charge on any atom is -0.450 e. The van der Waals surface area contributed by atoms with Gasteiger partial charge in [0.25, 0.3) is 0 Å². The van der Waals surface area contributed by atoms with Crippen LogP contribution in [0.25, 0.3) is 10.2 Å². The Kier molecular flexibility index (Phi) is 5.34. The highest BCUT2D eigenvalue weighted by molar-refractivity contribution is 7.22. The Morgan fingerprint density at radius 2 is 2.07 bits per heavy atom. The molecule has 2 aliphatic rings. The highest BCUT2D eigenvalue weighted by atomic mass is 32.1. The van der Waals surface area contributed by atoms with E-state index in [9.17, 15) is 14.0 Å². The molecule has 9 heteroatoms. The normalized spacial score (nSPS) is 18.2. The molecule has 0 spiro atoms. The van der Waals surface area contributed by atoms with Crippen molar-refractivity contribution in [1.82, 2.24) is 15.2 Å². The number of carbonyl (C=O) groups is 2. The van der Waals surface area contributed by atoms with Gasteiger partial charge in [0.1, 0.15) is 11.3 Å². The number of thiazole rings is 1. The maximum Gasteiger partial charge on any atom is 0.409 e.